The van der Waals surface area contributed by atoms with Crippen LogP contribution in [-0.4, -0.2) is 59.8 Å². The van der Waals surface area contributed by atoms with E-state index in [9.17, 15) is 24.3 Å². The van der Waals surface area contributed by atoms with Crippen molar-refractivity contribution in [2.45, 2.75) is 76.1 Å². The molecule has 1 aliphatic carbocycles. The molecule has 3 amide bonds. The van der Waals surface area contributed by atoms with E-state index in [0.717, 1.165) is 18.4 Å². The fourth-order valence-corrected chi connectivity index (χ4v) is 4.43. The van der Waals surface area contributed by atoms with Crippen LogP contribution in [0.3, 0.4) is 0 Å². The smallest absolute Gasteiger partial charge is 0.408 e. The number of carbonyl (C=O) groups excluding carboxylic acids is 4. The molecule has 1 fully saturated rings. The van der Waals surface area contributed by atoms with Gasteiger partial charge in [0.1, 0.15) is 19.3 Å². The third-order valence-electron chi connectivity index (χ3n) is 6.58. The molecule has 0 bridgehead atoms. The minimum Gasteiger partial charge on any atom is -0.462 e. The van der Waals surface area contributed by atoms with Crippen molar-refractivity contribution < 1.29 is 33.8 Å². The predicted molar refractivity (Wildman–Crippen MR) is 146 cm³/mol. The molecule has 39 heavy (non-hydrogen) atoms. The molecule has 1 saturated carbocycles. The lowest BCUT2D eigenvalue weighted by Crippen LogP contribution is -2.50. The van der Waals surface area contributed by atoms with Crippen LogP contribution in [0.1, 0.15) is 57.4 Å². The molecule has 2 rings (SSSR count). The molecular formula is C29H41N3O7. The second-order valence-corrected chi connectivity index (χ2v) is 9.94. The third-order valence-corrected chi connectivity index (χ3v) is 6.58. The Hall–Kier alpha value is -3.66. The number of hydrogen-bond donors (Lipinski definition) is 4. The van der Waals surface area contributed by atoms with Crippen LogP contribution in [0.4, 0.5) is 4.79 Å². The number of rotatable bonds is 16. The van der Waals surface area contributed by atoms with Crippen LogP contribution < -0.4 is 16.0 Å². The molecule has 1 aromatic carbocycles. The average Bonchev–Trinajstić information content (AvgIpc) is 3.39. The van der Waals surface area contributed by atoms with Gasteiger partial charge in [0.25, 0.3) is 0 Å². The minimum absolute atomic E-state index is 0.0521. The highest BCUT2D eigenvalue weighted by atomic mass is 16.6. The number of carbonyl (C=O) groups is 4. The third kappa shape index (κ3) is 10.9. The standard InChI is InChI=1S/C29H41N3O7/c1-4-11-23(17-25(34)32-29(20-33)15-9-10-16-29)26(35)30-21(3)18-38-27(36)24(12-5-2)31-28(37)39-19-22-13-7-6-8-14-22/h4-8,13-14,21,23-24,33H,1-2,9-12,15-20H2,3H3,(H,30,35)(H,31,37)(H,32,34)/t21-,23-,24+/m0/s1. The van der Waals surface area contributed by atoms with E-state index in [1.165, 1.54) is 6.08 Å². The molecule has 3 atom stereocenters. The lowest BCUT2D eigenvalue weighted by atomic mass is 9.95. The van der Waals surface area contributed by atoms with E-state index < -0.39 is 35.6 Å². The summed E-state index contributed by atoms with van der Waals surface area (Å²) in [7, 11) is 0. The number of aliphatic hydroxyl groups excluding tert-OH is 1. The fourth-order valence-electron chi connectivity index (χ4n) is 4.43. The van der Waals surface area contributed by atoms with Crippen molar-refractivity contribution in [1.29, 1.82) is 0 Å². The SMILES string of the molecule is C=CC[C@@H](CC(=O)NC1(CO)CCCC1)C(=O)N[C@@H](C)COC(=O)[C@@H](CC=C)NC(=O)OCc1ccccc1. The van der Waals surface area contributed by atoms with Gasteiger partial charge >= 0.3 is 12.1 Å². The van der Waals surface area contributed by atoms with E-state index in [0.29, 0.717) is 12.8 Å². The Morgan fingerprint density at radius 1 is 1.03 bits per heavy atom. The van der Waals surface area contributed by atoms with Gasteiger partial charge < -0.3 is 30.5 Å². The summed E-state index contributed by atoms with van der Waals surface area (Å²) in [6, 6.07) is 7.57. The first-order valence-corrected chi connectivity index (χ1v) is 13.3. The molecule has 10 nitrogen and oxygen atoms in total. The van der Waals surface area contributed by atoms with E-state index in [2.05, 4.69) is 29.1 Å². The lowest BCUT2D eigenvalue weighted by Gasteiger charge is -2.29. The summed E-state index contributed by atoms with van der Waals surface area (Å²) >= 11 is 0. The summed E-state index contributed by atoms with van der Waals surface area (Å²) in [6.07, 6.45) is 5.94. The van der Waals surface area contributed by atoms with Crippen molar-refractivity contribution in [3.05, 3.63) is 61.2 Å². The molecule has 0 saturated heterocycles. The van der Waals surface area contributed by atoms with Crippen LogP contribution in [0, 0.1) is 5.92 Å². The van der Waals surface area contributed by atoms with E-state index in [-0.39, 0.29) is 50.9 Å². The zero-order chi connectivity index (χ0) is 28.7. The highest BCUT2D eigenvalue weighted by molar-refractivity contribution is 5.86. The zero-order valence-corrected chi connectivity index (χ0v) is 22.7. The van der Waals surface area contributed by atoms with Crippen molar-refractivity contribution in [3.63, 3.8) is 0 Å². The lowest BCUT2D eigenvalue weighted by molar-refractivity contribution is -0.147. The zero-order valence-electron chi connectivity index (χ0n) is 22.7. The van der Waals surface area contributed by atoms with Crippen LogP contribution in [0.5, 0.6) is 0 Å². The average molecular weight is 544 g/mol. The molecule has 0 spiro atoms. The van der Waals surface area contributed by atoms with Gasteiger partial charge in [-0.3, -0.25) is 9.59 Å². The first-order valence-electron chi connectivity index (χ1n) is 13.3. The minimum atomic E-state index is -1.000. The van der Waals surface area contributed by atoms with Gasteiger partial charge in [0.05, 0.1) is 24.1 Å². The highest BCUT2D eigenvalue weighted by Gasteiger charge is 2.35. The van der Waals surface area contributed by atoms with Gasteiger partial charge in [-0.2, -0.15) is 0 Å². The van der Waals surface area contributed by atoms with E-state index in [4.69, 9.17) is 9.47 Å². The number of alkyl carbamates (subject to hydrolysis) is 1. The number of benzene rings is 1. The van der Waals surface area contributed by atoms with Crippen molar-refractivity contribution in [1.82, 2.24) is 16.0 Å². The van der Waals surface area contributed by atoms with E-state index in [1.807, 2.05) is 30.3 Å². The highest BCUT2D eigenvalue weighted by Crippen LogP contribution is 2.29. The maximum Gasteiger partial charge on any atom is 0.408 e. The van der Waals surface area contributed by atoms with E-state index in [1.54, 1.807) is 13.0 Å². The summed E-state index contributed by atoms with van der Waals surface area (Å²) in [6.45, 7) is 8.73. The van der Waals surface area contributed by atoms with Crippen molar-refractivity contribution in [3.8, 4) is 0 Å². The summed E-state index contributed by atoms with van der Waals surface area (Å²) in [5, 5.41) is 17.9. The molecule has 1 aliphatic rings. The second kappa shape index (κ2) is 16.3. The van der Waals surface area contributed by atoms with Gasteiger partial charge in [-0.25, -0.2) is 9.59 Å². The van der Waals surface area contributed by atoms with Gasteiger partial charge in [-0.05, 0) is 38.2 Å². The van der Waals surface area contributed by atoms with Crippen LogP contribution in [0.15, 0.2) is 55.6 Å². The maximum atomic E-state index is 12.9. The maximum absolute atomic E-state index is 12.9. The first kappa shape index (κ1) is 31.6. The monoisotopic (exact) mass is 543 g/mol. The molecule has 4 N–H and O–H groups in total. The van der Waals surface area contributed by atoms with Crippen molar-refractivity contribution in [2.24, 2.45) is 5.92 Å². The van der Waals surface area contributed by atoms with Gasteiger partial charge in [-0.1, -0.05) is 55.3 Å². The molecule has 0 unspecified atom stereocenters. The molecule has 0 radical (unpaired) electrons. The predicted octanol–water partition coefficient (Wildman–Crippen LogP) is 2.91. The summed E-state index contributed by atoms with van der Waals surface area (Å²) in [5.74, 6) is -2.03. The van der Waals surface area contributed by atoms with Crippen LogP contribution in [0.2, 0.25) is 0 Å². The van der Waals surface area contributed by atoms with Crippen LogP contribution >= 0.6 is 0 Å². The molecule has 0 heterocycles. The van der Waals surface area contributed by atoms with Gasteiger partial charge in [0.2, 0.25) is 11.8 Å². The molecule has 214 valence electrons. The molecule has 0 aliphatic heterocycles. The van der Waals surface area contributed by atoms with Crippen LogP contribution in [-0.2, 0) is 30.5 Å². The number of hydrogen-bond acceptors (Lipinski definition) is 7. The topological polar surface area (TPSA) is 143 Å². The van der Waals surface area contributed by atoms with Gasteiger partial charge in [-0.15, -0.1) is 13.2 Å². The Kier molecular flexibility index (Phi) is 13.2. The quantitative estimate of drug-likeness (QED) is 0.185. The number of aliphatic hydroxyl groups is 1. The molecular weight excluding hydrogens is 502 g/mol. The van der Waals surface area contributed by atoms with Crippen LogP contribution in [0.25, 0.3) is 0 Å². The first-order chi connectivity index (χ1) is 18.7. The number of amides is 3. The van der Waals surface area contributed by atoms with Gasteiger partial charge in [0.15, 0.2) is 0 Å². The Morgan fingerprint density at radius 2 is 1.69 bits per heavy atom. The fraction of sp³-hybridized carbons (Fsp3) is 0.517. The summed E-state index contributed by atoms with van der Waals surface area (Å²) in [4.78, 5) is 50.3. The summed E-state index contributed by atoms with van der Waals surface area (Å²) < 4.78 is 10.5. The van der Waals surface area contributed by atoms with Gasteiger partial charge in [0, 0.05) is 6.42 Å². The normalized spacial score (nSPS) is 16.2. The largest absolute Gasteiger partial charge is 0.462 e. The summed E-state index contributed by atoms with van der Waals surface area (Å²) in [5.41, 5.74) is 0.191. The number of ether oxygens (including phenoxy) is 2. The second-order valence-electron chi connectivity index (χ2n) is 9.94. The molecule has 0 aromatic heterocycles. The molecule has 10 heteroatoms. The number of nitrogens with one attached hydrogen (secondary N) is 3. The number of esters is 1. The molecule has 1 aromatic rings. The Bertz CT molecular complexity index is 976. The van der Waals surface area contributed by atoms with Crippen molar-refractivity contribution in [2.75, 3.05) is 13.2 Å². The Morgan fingerprint density at radius 3 is 2.31 bits per heavy atom. The van der Waals surface area contributed by atoms with Crippen molar-refractivity contribution >= 4 is 23.9 Å². The Labute approximate surface area is 230 Å². The Balaban J connectivity index is 1.82. The van der Waals surface area contributed by atoms with E-state index >= 15 is 0 Å². The number of allylic oxidation sites excluding steroid dienone is 1.